The minimum absolute atomic E-state index is 0.0848. The fraction of sp³-hybridized carbons (Fsp3) is 0.823. The van der Waals surface area contributed by atoms with Gasteiger partial charge in [-0.05, 0) is 142 Å². The van der Waals surface area contributed by atoms with Gasteiger partial charge < -0.3 is 24.3 Å². The van der Waals surface area contributed by atoms with E-state index < -0.39 is 23.9 Å². The zero-order valence-electron chi connectivity index (χ0n) is 60.2. The van der Waals surface area contributed by atoms with Gasteiger partial charge in [0.25, 0.3) is 0 Å². The van der Waals surface area contributed by atoms with E-state index in [9.17, 15) is 29.7 Å². The van der Waals surface area contributed by atoms with Crippen molar-refractivity contribution in [2.45, 2.75) is 353 Å². The zero-order valence-corrected chi connectivity index (χ0v) is 60.2. The van der Waals surface area contributed by atoms with Crippen molar-refractivity contribution in [1.29, 1.82) is 10.5 Å². The summed E-state index contributed by atoms with van der Waals surface area (Å²) >= 11 is 0. The van der Waals surface area contributed by atoms with E-state index in [4.69, 9.17) is 18.9 Å². The summed E-state index contributed by atoms with van der Waals surface area (Å²) in [6.45, 7) is 27.8. The molecule has 0 amide bonds. The van der Waals surface area contributed by atoms with Crippen LogP contribution in [0.4, 0.5) is 0 Å². The zero-order chi connectivity index (χ0) is 66.4. The van der Waals surface area contributed by atoms with Gasteiger partial charge in [0.2, 0.25) is 0 Å². The van der Waals surface area contributed by atoms with Gasteiger partial charge in [-0.15, -0.1) is 0 Å². The van der Waals surface area contributed by atoms with Gasteiger partial charge in [0, 0.05) is 12.2 Å². The Hall–Kier alpha value is -4.38. The van der Waals surface area contributed by atoms with E-state index in [-0.39, 0.29) is 72.1 Å². The van der Waals surface area contributed by atoms with Gasteiger partial charge in [0.1, 0.15) is 17.2 Å². The van der Waals surface area contributed by atoms with E-state index in [0.29, 0.717) is 60.9 Å². The Kier molecular flexibility index (Phi) is 44.7. The van der Waals surface area contributed by atoms with Crippen LogP contribution in [0.5, 0.6) is 0 Å². The topological polar surface area (TPSA) is 165 Å². The molecule has 514 valence electrons. The van der Waals surface area contributed by atoms with Crippen molar-refractivity contribution in [1.82, 2.24) is 5.32 Å². The third kappa shape index (κ3) is 33.5. The lowest BCUT2D eigenvalue weighted by molar-refractivity contribution is -0.150. The first-order valence-electron chi connectivity index (χ1n) is 37.6. The first kappa shape index (κ1) is 81.7. The SMILES string of the molecule is CCCCCCC(CCCC)COC(=O)C(C(=O)OCC(CCCC)CCCCCC)=C1CC(C)(C)CC(CCCCCCCNC2=C(C#N)C(=C(C(=O)OCC(CCCC)CCCCCC)C(=O)OCC(CCCC)CCCCCC)CC(C)(C)C2)=C1C#N. The number of carbonyl (C=O) groups excluding carboxylic acids is 4. The summed E-state index contributed by atoms with van der Waals surface area (Å²) in [4.78, 5) is 58.3. The molecule has 0 aromatic carbocycles. The number of nitrogens with zero attached hydrogens (tertiary/aromatic N) is 2. The second-order valence-corrected chi connectivity index (χ2v) is 29.1. The minimum Gasteiger partial charge on any atom is -0.462 e. The number of carbonyl (C=O) groups is 4. The molecular formula is C79H135N3O8. The molecule has 2 rings (SSSR count). The van der Waals surface area contributed by atoms with Crippen LogP contribution in [0, 0.1) is 57.2 Å². The number of rotatable bonds is 53. The van der Waals surface area contributed by atoms with Crippen molar-refractivity contribution >= 4 is 23.9 Å². The van der Waals surface area contributed by atoms with Crippen LogP contribution >= 0.6 is 0 Å². The number of nitriles is 2. The molecule has 4 unspecified atom stereocenters. The summed E-state index contributed by atoms with van der Waals surface area (Å²) in [6.07, 6.45) is 41.8. The van der Waals surface area contributed by atoms with Gasteiger partial charge in [0.05, 0.1) is 43.6 Å². The lowest BCUT2D eigenvalue weighted by Gasteiger charge is -2.34. The van der Waals surface area contributed by atoms with E-state index in [2.05, 4.69) is 101 Å². The smallest absolute Gasteiger partial charge is 0.345 e. The molecule has 0 bridgehead atoms. The van der Waals surface area contributed by atoms with Crippen LogP contribution in [-0.2, 0) is 38.1 Å². The Labute approximate surface area is 552 Å². The normalized spacial score (nSPS) is 16.0. The monoisotopic (exact) mass is 1250 g/mol. The van der Waals surface area contributed by atoms with Crippen molar-refractivity contribution in [3.63, 3.8) is 0 Å². The fourth-order valence-corrected chi connectivity index (χ4v) is 13.6. The van der Waals surface area contributed by atoms with Gasteiger partial charge in [-0.25, -0.2) is 19.2 Å². The lowest BCUT2D eigenvalue weighted by atomic mass is 9.70. The molecule has 2 aliphatic rings. The summed E-state index contributed by atoms with van der Waals surface area (Å²) in [5.74, 6) is -1.85. The third-order valence-electron chi connectivity index (χ3n) is 19.1. The number of hydrogen-bond donors (Lipinski definition) is 1. The maximum atomic E-state index is 14.6. The highest BCUT2D eigenvalue weighted by Gasteiger charge is 2.39. The Morgan fingerprint density at radius 3 is 1.00 bits per heavy atom. The van der Waals surface area contributed by atoms with Crippen molar-refractivity contribution < 1.29 is 38.1 Å². The Balaban J connectivity index is 2.45. The van der Waals surface area contributed by atoms with Crippen LogP contribution in [0.15, 0.2) is 44.7 Å². The van der Waals surface area contributed by atoms with Crippen molar-refractivity contribution in [3.05, 3.63) is 44.7 Å². The summed E-state index contributed by atoms with van der Waals surface area (Å²) in [6, 6.07) is 4.95. The van der Waals surface area contributed by atoms with Crippen LogP contribution in [0.25, 0.3) is 0 Å². The molecule has 0 aromatic heterocycles. The number of allylic oxidation sites excluding steroid dienone is 6. The van der Waals surface area contributed by atoms with Crippen molar-refractivity contribution in [2.24, 2.45) is 34.5 Å². The van der Waals surface area contributed by atoms with E-state index in [0.717, 1.165) is 223 Å². The quantitative estimate of drug-likeness (QED) is 0.0154. The number of nitrogens with one attached hydrogen (secondary N) is 1. The molecular weight excluding hydrogens is 1120 g/mol. The van der Waals surface area contributed by atoms with Gasteiger partial charge in [0.15, 0.2) is 0 Å². The summed E-state index contributed by atoms with van der Waals surface area (Å²) in [5, 5.41) is 25.6. The van der Waals surface area contributed by atoms with Crippen LogP contribution in [-0.4, -0.2) is 56.8 Å². The lowest BCUT2D eigenvalue weighted by Crippen LogP contribution is -2.31. The molecule has 0 saturated heterocycles. The summed E-state index contributed by atoms with van der Waals surface area (Å²) < 4.78 is 24.7. The molecule has 1 N–H and O–H groups in total. The predicted octanol–water partition coefficient (Wildman–Crippen LogP) is 22.0. The molecule has 0 radical (unpaired) electrons. The van der Waals surface area contributed by atoms with Crippen LogP contribution in [0.3, 0.4) is 0 Å². The number of ether oxygens (including phenoxy) is 4. The Bertz CT molecular complexity index is 2020. The molecule has 0 aliphatic heterocycles. The summed E-state index contributed by atoms with van der Waals surface area (Å²) in [7, 11) is 0. The second kappa shape index (κ2) is 49.2. The van der Waals surface area contributed by atoms with E-state index in [1.54, 1.807) is 0 Å². The molecule has 0 heterocycles. The molecule has 0 saturated carbocycles. The van der Waals surface area contributed by atoms with Gasteiger partial charge in [-0.2, -0.15) is 10.5 Å². The maximum absolute atomic E-state index is 14.6. The van der Waals surface area contributed by atoms with Crippen molar-refractivity contribution in [3.8, 4) is 12.1 Å². The second-order valence-electron chi connectivity index (χ2n) is 29.1. The third-order valence-corrected chi connectivity index (χ3v) is 19.1. The molecule has 0 spiro atoms. The summed E-state index contributed by atoms with van der Waals surface area (Å²) in [5.41, 5.74) is 2.58. The van der Waals surface area contributed by atoms with E-state index in [1.165, 1.54) is 25.7 Å². The predicted molar refractivity (Wildman–Crippen MR) is 372 cm³/mol. The molecule has 0 fully saturated rings. The molecule has 4 atom stereocenters. The molecule has 11 heteroatoms. The number of esters is 4. The van der Waals surface area contributed by atoms with Gasteiger partial charge in [-0.3, -0.25) is 0 Å². The first-order valence-corrected chi connectivity index (χ1v) is 37.6. The molecule has 0 aromatic rings. The van der Waals surface area contributed by atoms with Crippen LogP contribution < -0.4 is 5.32 Å². The van der Waals surface area contributed by atoms with Crippen LogP contribution in [0.2, 0.25) is 0 Å². The van der Waals surface area contributed by atoms with Gasteiger partial charge >= 0.3 is 23.9 Å². The first-order chi connectivity index (χ1) is 43.4. The Morgan fingerprint density at radius 2 is 0.667 bits per heavy atom. The average molecular weight is 1250 g/mol. The van der Waals surface area contributed by atoms with Gasteiger partial charge in [-0.1, -0.05) is 262 Å². The van der Waals surface area contributed by atoms with E-state index >= 15 is 0 Å². The van der Waals surface area contributed by atoms with E-state index in [1.807, 2.05) is 0 Å². The highest BCUT2D eigenvalue weighted by molar-refractivity contribution is 6.16. The fourth-order valence-electron chi connectivity index (χ4n) is 13.6. The minimum atomic E-state index is -0.681. The largest absolute Gasteiger partial charge is 0.462 e. The number of hydrogen-bond acceptors (Lipinski definition) is 11. The molecule has 11 nitrogen and oxygen atoms in total. The Morgan fingerprint density at radius 1 is 0.378 bits per heavy atom. The number of unbranched alkanes of at least 4 members (excludes halogenated alkanes) is 20. The highest BCUT2D eigenvalue weighted by atomic mass is 16.6. The average Bonchev–Trinajstić information content (AvgIpc) is 0.883. The standard InChI is InChI=1S/C79H135N3O8/c1-13-21-29-36-46-62(42-25-17-5)58-87-74(83)72(75(84)88-59-63(43-26-18-6)47-37-30-22-14-2)67-53-78(9,10)52-66(69(67)56-80)50-40-34-33-35-41-51-82-71-55-79(11,12)54-68(70(71)57-81)73(76(85)89-60-64(44-27-19-7)48-38-31-23-15-3)77(86)90-61-65(45-28-20-8)49-39-32-24-16-4/h62-65,82H,13-55,58-61H2,1-12H3. The maximum Gasteiger partial charge on any atom is 0.345 e. The highest BCUT2D eigenvalue weighted by Crippen LogP contribution is 2.46. The van der Waals surface area contributed by atoms with Crippen molar-refractivity contribution in [2.75, 3.05) is 33.0 Å². The van der Waals surface area contributed by atoms with Crippen LogP contribution in [0.1, 0.15) is 353 Å². The molecule has 90 heavy (non-hydrogen) atoms. The molecule has 2 aliphatic carbocycles.